The molecule has 0 unspecified atom stereocenters. The molecule has 0 bridgehead atoms. The van der Waals surface area contributed by atoms with Crippen molar-refractivity contribution in [1.29, 1.82) is 0 Å². The fourth-order valence-electron chi connectivity index (χ4n) is 0. The van der Waals surface area contributed by atoms with Gasteiger partial charge >= 0.3 is 0 Å². The Balaban J connectivity index is 0. The minimum Gasteiger partial charge on any atom is 0 e. The Morgan fingerprint density at radius 1 is 1.00 bits per heavy atom. The average Bonchev–Trinajstić information content (AvgIpc) is 0. The molecule has 0 aromatic rings. The second kappa shape index (κ2) is 21.8. The number of hydrogen-bond acceptors (Lipinski definition) is 0. The van der Waals surface area contributed by atoms with E-state index in [0.717, 1.165) is 0 Å². The van der Waals surface area contributed by atoms with Crippen LogP contribution in [0.1, 0.15) is 0 Å². The number of hydrogen-bond donors (Lipinski definition) is 0. The van der Waals surface area contributed by atoms with Crippen molar-refractivity contribution in [2.45, 2.75) is 0 Å². The SMILES string of the molecule is [B].[Co].[Mo].[Ni]. The molecule has 0 aliphatic carbocycles. The Kier molecular flexibility index (Phi) is 230. The van der Waals surface area contributed by atoms with Gasteiger partial charge in [0.2, 0.25) is 0 Å². The predicted molar refractivity (Wildman–Crippen MR) is 5.75 cm³/mol. The standard InChI is InChI=1S/B.Co.Mo.Ni. The van der Waals surface area contributed by atoms with E-state index in [-0.39, 0.29) is 62.7 Å². The van der Waals surface area contributed by atoms with Gasteiger partial charge in [-0.3, -0.25) is 0 Å². The molecule has 4 heavy (non-hydrogen) atoms. The molecule has 0 amide bonds. The van der Waals surface area contributed by atoms with E-state index in [4.69, 9.17) is 0 Å². The Bertz CT molecular complexity index is 8.00. The summed E-state index contributed by atoms with van der Waals surface area (Å²) in [5.74, 6) is 0. The largest absolute Gasteiger partial charge is 0 e. The van der Waals surface area contributed by atoms with Crippen molar-refractivity contribution in [3.63, 3.8) is 0 Å². The van der Waals surface area contributed by atoms with E-state index in [1.165, 1.54) is 0 Å². The monoisotopic (exact) mass is 226 g/mol. The van der Waals surface area contributed by atoms with E-state index < -0.39 is 0 Å². The van der Waals surface area contributed by atoms with Crippen LogP contribution < -0.4 is 0 Å². The molecule has 4 heteroatoms. The molecule has 0 heterocycles. The number of rotatable bonds is 0. The Morgan fingerprint density at radius 2 is 1.00 bits per heavy atom. The van der Waals surface area contributed by atoms with E-state index in [1.54, 1.807) is 0 Å². The van der Waals surface area contributed by atoms with Crippen LogP contribution in [0.5, 0.6) is 0 Å². The molecule has 0 rings (SSSR count). The van der Waals surface area contributed by atoms with Gasteiger partial charge in [0.05, 0.1) is 0 Å². The first-order chi connectivity index (χ1) is 0. The van der Waals surface area contributed by atoms with Gasteiger partial charge in [0.15, 0.2) is 0 Å². The Hall–Kier alpha value is 1.75. The van der Waals surface area contributed by atoms with Crippen LogP contribution in [-0.2, 0) is 54.3 Å². The van der Waals surface area contributed by atoms with E-state index in [0.29, 0.717) is 0 Å². The summed E-state index contributed by atoms with van der Waals surface area (Å²) < 4.78 is 0. The summed E-state index contributed by atoms with van der Waals surface area (Å²) in [6, 6.07) is 0. The molecule has 0 nitrogen and oxygen atoms in total. The molecule has 0 aromatic carbocycles. The van der Waals surface area contributed by atoms with Crippen molar-refractivity contribution in [2.24, 2.45) is 0 Å². The molecule has 0 N–H and O–H groups in total. The van der Waals surface area contributed by atoms with Crippen molar-refractivity contribution >= 4 is 8.41 Å². The van der Waals surface area contributed by atoms with Gasteiger partial charge in [-0.2, -0.15) is 0 Å². The third kappa shape index (κ3) is 9.26. The molecular weight excluding hydrogens is 224 g/mol. The zero-order chi connectivity index (χ0) is 0. The molecule has 0 aliphatic heterocycles. The molecule has 0 spiro atoms. The van der Waals surface area contributed by atoms with Gasteiger partial charge in [0.25, 0.3) is 0 Å². The molecule has 0 saturated carbocycles. The van der Waals surface area contributed by atoms with Crippen molar-refractivity contribution in [2.75, 3.05) is 0 Å². The molecule has 4 radical (unpaired) electrons. The molecular formula is BCoMoNi. The van der Waals surface area contributed by atoms with Crippen molar-refractivity contribution in [3.8, 4) is 0 Å². The van der Waals surface area contributed by atoms with Gasteiger partial charge in [-0.15, -0.1) is 0 Å². The maximum absolute atomic E-state index is 0. The van der Waals surface area contributed by atoms with Crippen molar-refractivity contribution in [3.05, 3.63) is 0 Å². The van der Waals surface area contributed by atoms with Crippen LogP contribution in [0.15, 0.2) is 0 Å². The van der Waals surface area contributed by atoms with Crippen molar-refractivity contribution < 1.29 is 54.3 Å². The first-order valence-electron chi connectivity index (χ1n) is 0. The summed E-state index contributed by atoms with van der Waals surface area (Å²) in [5.41, 5.74) is 0. The molecule has 28 valence electrons. The van der Waals surface area contributed by atoms with Crippen LogP contribution in [0.25, 0.3) is 0 Å². The minimum absolute atomic E-state index is 0. The second-order valence-electron chi connectivity index (χ2n) is 0. The topological polar surface area (TPSA) is 0 Å². The fraction of sp³-hybridized carbons (Fsp3) is 0. The van der Waals surface area contributed by atoms with E-state index in [2.05, 4.69) is 0 Å². The van der Waals surface area contributed by atoms with Gasteiger partial charge in [-0.25, -0.2) is 0 Å². The zero-order valence-electron chi connectivity index (χ0n) is 1.64. The maximum atomic E-state index is 0. The smallest absolute Gasteiger partial charge is 0 e. The summed E-state index contributed by atoms with van der Waals surface area (Å²) in [5, 5.41) is 0. The summed E-state index contributed by atoms with van der Waals surface area (Å²) in [6.45, 7) is 0. The molecule has 0 fully saturated rings. The summed E-state index contributed by atoms with van der Waals surface area (Å²) in [4.78, 5) is 0. The maximum Gasteiger partial charge on any atom is 0 e. The average molecular weight is 224 g/mol. The van der Waals surface area contributed by atoms with Crippen LogP contribution in [0, 0.1) is 0 Å². The minimum atomic E-state index is 0. The molecule has 0 aliphatic rings. The molecule has 0 aromatic heterocycles. The quantitative estimate of drug-likeness (QED) is 0.492. The third-order valence-electron chi connectivity index (χ3n) is 0. The van der Waals surface area contributed by atoms with Crippen LogP contribution >= 0.6 is 0 Å². The summed E-state index contributed by atoms with van der Waals surface area (Å²) in [6.07, 6.45) is 0. The zero-order valence-corrected chi connectivity index (χ0v) is 5.67. The van der Waals surface area contributed by atoms with E-state index in [1.807, 2.05) is 0 Å². The Labute approximate surface area is 62.4 Å². The van der Waals surface area contributed by atoms with E-state index in [9.17, 15) is 0 Å². The van der Waals surface area contributed by atoms with Crippen LogP contribution in [0.3, 0.4) is 0 Å². The second-order valence-corrected chi connectivity index (χ2v) is 0. The first kappa shape index (κ1) is 42.3. The van der Waals surface area contributed by atoms with Crippen LogP contribution in [-0.4, -0.2) is 8.41 Å². The predicted octanol–water partition coefficient (Wildman–Crippen LogP) is -0.388. The van der Waals surface area contributed by atoms with Crippen LogP contribution in [0.4, 0.5) is 0 Å². The Morgan fingerprint density at radius 3 is 1.00 bits per heavy atom. The molecule has 0 atom stereocenters. The van der Waals surface area contributed by atoms with Gasteiger partial charge in [0, 0.05) is 62.7 Å². The van der Waals surface area contributed by atoms with E-state index >= 15 is 0 Å². The fourth-order valence-corrected chi connectivity index (χ4v) is 0. The summed E-state index contributed by atoms with van der Waals surface area (Å²) in [7, 11) is 0. The van der Waals surface area contributed by atoms with Gasteiger partial charge in [-0.1, -0.05) is 0 Å². The summed E-state index contributed by atoms with van der Waals surface area (Å²) >= 11 is 0. The first-order valence-corrected chi connectivity index (χ1v) is 0. The van der Waals surface area contributed by atoms with Crippen molar-refractivity contribution in [1.82, 2.24) is 0 Å². The van der Waals surface area contributed by atoms with Gasteiger partial charge in [0.1, 0.15) is 0 Å². The molecule has 0 saturated heterocycles. The third-order valence-corrected chi connectivity index (χ3v) is 0. The van der Waals surface area contributed by atoms with Gasteiger partial charge < -0.3 is 0 Å². The normalized spacial score (nSPS) is 0. The van der Waals surface area contributed by atoms with Gasteiger partial charge in [-0.05, 0) is 0 Å². The van der Waals surface area contributed by atoms with Crippen LogP contribution in [0.2, 0.25) is 0 Å².